The van der Waals surface area contributed by atoms with Crippen LogP contribution in [-0.4, -0.2) is 145 Å². The van der Waals surface area contributed by atoms with Crippen LogP contribution in [-0.2, 0) is 0 Å². The normalized spacial score (nSPS) is 10.3. The van der Waals surface area contributed by atoms with Crippen LogP contribution in [0.15, 0.2) is 297 Å². The minimum atomic E-state index is -0.928. The third kappa shape index (κ3) is 39.3. The predicted molar refractivity (Wildman–Crippen MR) is 614 cm³/mol. The van der Waals surface area contributed by atoms with Crippen LogP contribution in [0.25, 0.3) is 99.8 Å². The lowest BCUT2D eigenvalue weighted by Crippen LogP contribution is -2.04. The van der Waals surface area contributed by atoms with E-state index in [1.54, 1.807) is 60.5 Å². The fourth-order valence-corrected chi connectivity index (χ4v) is 16.0. The molecule has 30 heteroatoms. The monoisotopic (exact) mass is 2020 g/mol. The molecule has 0 bridgehead atoms. The highest BCUT2D eigenvalue weighted by atomic mass is 32.1. The minimum absolute atomic E-state index is 0.287. The number of nitrogens with zero attached hydrogens (tertiary/aromatic N) is 12. The van der Waals surface area contributed by atoms with Crippen LogP contribution in [0, 0.1) is 41.5 Å². The van der Waals surface area contributed by atoms with Gasteiger partial charge in [0.15, 0.2) is 11.6 Å². The van der Waals surface area contributed by atoms with Gasteiger partial charge < -0.3 is 67.3 Å². The summed E-state index contributed by atoms with van der Waals surface area (Å²) in [4.78, 5) is 49.8. The molecule has 0 fully saturated rings. The number of thiazole rings is 2. The summed E-state index contributed by atoms with van der Waals surface area (Å²) in [6.45, 7) is 39.9. The third-order valence-electron chi connectivity index (χ3n) is 21.3. The van der Waals surface area contributed by atoms with Gasteiger partial charge in [-0.2, -0.15) is 5.10 Å². The van der Waals surface area contributed by atoms with Crippen molar-refractivity contribution in [3.05, 3.63) is 330 Å². The summed E-state index contributed by atoms with van der Waals surface area (Å²) in [6, 6.07) is 84.0. The largest absolute Gasteiger partial charge is 0.478 e. The van der Waals surface area contributed by atoms with Crippen LogP contribution in [0.4, 0.5) is 51.2 Å². The SMILES string of the molecule is CCCNc1ccc(-c2ccccc2)cc1.CCCNc1ccc(-c2n[nH]c(C)n2)cc1.CCCNc1ccc(-c2ncc(C)[nH]2)cc1.CCCNc1ccc(-c2ncc(C)s2)c(C(=O)O)c1.CCCNc1ccc(-c2ncc(C)s2)cc1.CCCNc1ccc(-c2ncc[nH]2)cc1.CCCNc1ccc(-c2ncccn2)cc1.CCCNc1ccc(-c2nnc(C)o2)cc1.CCCNc1ccc(-c2nnc(C)s2)cc1. The van der Waals surface area contributed by atoms with Crippen LogP contribution in [0.3, 0.4) is 0 Å². The number of nitrogens with one attached hydrogen (secondary N) is 12. The van der Waals surface area contributed by atoms with Crippen LogP contribution < -0.4 is 47.9 Å². The van der Waals surface area contributed by atoms with E-state index in [0.29, 0.717) is 17.3 Å². The molecule has 0 saturated heterocycles. The highest BCUT2D eigenvalue weighted by Gasteiger charge is 2.17. The molecule has 0 aliphatic rings. The first-order chi connectivity index (χ1) is 71.3. The average molecular weight is 2020 g/mol. The molecule has 762 valence electrons. The number of rotatable bonds is 37. The zero-order valence-electron chi connectivity index (χ0n) is 86.8. The second kappa shape index (κ2) is 63.5. The van der Waals surface area contributed by atoms with Crippen molar-refractivity contribution in [1.29, 1.82) is 0 Å². The summed E-state index contributed by atoms with van der Waals surface area (Å²) in [5.74, 6) is 4.43. The van der Waals surface area contributed by atoms with Crippen molar-refractivity contribution >= 4 is 91.2 Å². The number of imidazole rings is 2. The fourth-order valence-electron chi connectivity index (χ4n) is 13.7. The Morgan fingerprint density at radius 3 is 1.06 bits per heavy atom. The second-order valence-electron chi connectivity index (χ2n) is 33.9. The molecule has 8 aromatic heterocycles. The zero-order valence-corrected chi connectivity index (χ0v) is 89.2. The first kappa shape index (κ1) is 112. The Hall–Kier alpha value is -15.5. The maximum atomic E-state index is 11.4. The van der Waals surface area contributed by atoms with E-state index in [1.807, 2.05) is 119 Å². The van der Waals surface area contributed by atoms with Gasteiger partial charge in [-0.05, 0) is 310 Å². The summed E-state index contributed by atoms with van der Waals surface area (Å²) in [6.07, 6.45) is 22.7. The standard InChI is InChI=1S/C15H17N.C14H16N2O2S.C13H17N3.C13H15N3.C13H16N2S.C12H16N4.C12H15N3O.C12H15N3S.C12H15N3/c1-2-12-16-15-10-8-14(9-11-15)13-6-4-3-5-7-13;1-3-6-15-10-4-5-11(12(7-10)14(17)18)13-16-8-9(2)19-13;1-3-8-14-12-6-4-11(5-7-12)13-15-9-10(2)16-13;1-2-8-14-12-6-4-11(5-7-12)13-15-9-3-10-16-13;1-3-8-14-12-6-4-11(5-7-12)13-15-9-10(2)16-13;1-3-8-13-11-6-4-10(5-7-11)12-14-9(2)15-16-12;2*1-3-8-13-11-6-4-10(5-7-11)12-15-14-9(2)16-12;1-2-7-13-11-5-3-10(4-6-11)12-14-8-9-15-12/h3-11,16H,2,12H2,1H3;4-5,7-8,15H,3,6H2,1-2H3,(H,17,18);4-7,9,14H,3,8H2,1-2H3,(H,15,16);3-7,9-10,14H,2,8H2,1H3;4-7,9,14H,3,8H2,1-2H3;4-7,13H,3,8H2,1-2H3,(H,14,15,16);2*4-7,13H,3,8H2,1-2H3;3-6,8-9,13H,2,7H2,1H3,(H,14,15). The van der Waals surface area contributed by atoms with E-state index < -0.39 is 5.97 Å². The molecule has 10 aromatic carbocycles. The van der Waals surface area contributed by atoms with Gasteiger partial charge in [0, 0.05) is 220 Å². The summed E-state index contributed by atoms with van der Waals surface area (Å²) >= 11 is 4.86. The van der Waals surface area contributed by atoms with Crippen molar-refractivity contribution in [2.45, 2.75) is 162 Å². The van der Waals surface area contributed by atoms with Crippen molar-refractivity contribution in [1.82, 2.24) is 75.4 Å². The lowest BCUT2D eigenvalue weighted by Gasteiger charge is -2.08. The number of carboxylic acid groups (broad SMARTS) is 1. The number of aromatic carboxylic acids is 1. The molecule has 18 rings (SSSR count). The van der Waals surface area contributed by atoms with Gasteiger partial charge in [-0.25, -0.2) is 39.7 Å². The molecule has 0 aliphatic heterocycles. The Balaban J connectivity index is 0.000000168. The Labute approximate surface area is 873 Å². The lowest BCUT2D eigenvalue weighted by atomic mass is 10.1. The number of carboxylic acids is 1. The molecule has 0 saturated carbocycles. The first-order valence-electron chi connectivity index (χ1n) is 50.3. The number of carbonyl (C=O) groups is 1. The van der Waals surface area contributed by atoms with Gasteiger partial charge in [-0.15, -0.1) is 43.1 Å². The van der Waals surface area contributed by atoms with Gasteiger partial charge >= 0.3 is 5.97 Å². The number of benzene rings is 10. The molecular weight excluding hydrogens is 1870 g/mol. The maximum Gasteiger partial charge on any atom is 0.336 e. The molecule has 0 unspecified atom stereocenters. The van der Waals surface area contributed by atoms with Crippen LogP contribution in [0.1, 0.15) is 163 Å². The molecule has 0 aliphatic carbocycles. The van der Waals surface area contributed by atoms with Gasteiger partial charge in [0.2, 0.25) is 11.8 Å². The van der Waals surface area contributed by atoms with Gasteiger partial charge in [-0.3, -0.25) is 5.10 Å². The number of anilines is 9. The zero-order chi connectivity index (χ0) is 104. The van der Waals surface area contributed by atoms with Gasteiger partial charge in [-0.1, -0.05) is 116 Å². The summed E-state index contributed by atoms with van der Waals surface area (Å²) in [5, 5.41) is 66.0. The number of H-pyrrole nitrogens is 3. The summed E-state index contributed by atoms with van der Waals surface area (Å²) in [5.41, 5.74) is 22.2. The highest BCUT2D eigenvalue weighted by Crippen LogP contribution is 2.33. The number of aryl methyl sites for hydroxylation is 6. The Kier molecular flexibility index (Phi) is 48.9. The fraction of sp³-hybridized carbons (Fsp3) is 0.284. The summed E-state index contributed by atoms with van der Waals surface area (Å²) in [7, 11) is 0. The van der Waals surface area contributed by atoms with Crippen molar-refractivity contribution in [3.8, 4) is 99.8 Å². The number of hydrogen-bond donors (Lipinski definition) is 13. The van der Waals surface area contributed by atoms with Gasteiger partial charge in [0.1, 0.15) is 37.5 Å². The topological polar surface area (TPSA) is 361 Å². The van der Waals surface area contributed by atoms with E-state index in [0.717, 1.165) is 250 Å². The van der Waals surface area contributed by atoms with E-state index in [9.17, 15) is 9.90 Å². The van der Waals surface area contributed by atoms with Gasteiger partial charge in [0.25, 0.3) is 0 Å². The van der Waals surface area contributed by atoms with E-state index >= 15 is 0 Å². The average Bonchev–Trinajstić information content (AvgIpc) is 1.61. The van der Waals surface area contributed by atoms with Gasteiger partial charge in [0.05, 0.1) is 5.56 Å². The third-order valence-corrected chi connectivity index (χ3v) is 24.1. The van der Waals surface area contributed by atoms with E-state index in [-0.39, 0.29) is 5.56 Å². The van der Waals surface area contributed by atoms with Crippen LogP contribution in [0.5, 0.6) is 0 Å². The number of aromatic amines is 3. The van der Waals surface area contributed by atoms with Crippen LogP contribution in [0.2, 0.25) is 0 Å². The molecule has 146 heavy (non-hydrogen) atoms. The molecule has 0 radical (unpaired) electrons. The Bertz CT molecular complexity index is 6000. The van der Waals surface area contributed by atoms with Crippen molar-refractivity contribution in [2.75, 3.05) is 107 Å². The van der Waals surface area contributed by atoms with Crippen LogP contribution >= 0.6 is 34.0 Å². The van der Waals surface area contributed by atoms with Crippen molar-refractivity contribution in [2.24, 2.45) is 0 Å². The lowest BCUT2D eigenvalue weighted by molar-refractivity contribution is 0.0697. The smallest absolute Gasteiger partial charge is 0.336 e. The minimum Gasteiger partial charge on any atom is -0.478 e. The predicted octanol–water partition coefficient (Wildman–Crippen LogP) is 29.6. The number of aromatic nitrogens is 15. The van der Waals surface area contributed by atoms with E-state index in [1.165, 1.54) is 44.3 Å². The number of hydrogen-bond acceptors (Lipinski definition) is 26. The molecule has 0 amide bonds. The maximum absolute atomic E-state index is 11.4. The quantitative estimate of drug-likeness (QED) is 0.0172. The molecule has 0 atom stereocenters. The Morgan fingerprint density at radius 2 is 0.705 bits per heavy atom. The molecule has 8 heterocycles. The molecule has 18 aromatic rings. The van der Waals surface area contributed by atoms with Crippen molar-refractivity contribution < 1.29 is 14.3 Å². The molecule has 27 nitrogen and oxygen atoms in total. The van der Waals surface area contributed by atoms with Crippen molar-refractivity contribution in [3.63, 3.8) is 0 Å². The highest BCUT2D eigenvalue weighted by molar-refractivity contribution is 7.15. The van der Waals surface area contributed by atoms with E-state index in [4.69, 9.17) is 4.42 Å². The van der Waals surface area contributed by atoms with E-state index in [2.05, 4.69) is 362 Å². The molecular formula is C116H142N24O3S3. The molecule has 13 N–H and O–H groups in total. The molecule has 0 spiro atoms. The Morgan fingerprint density at radius 1 is 0.329 bits per heavy atom. The summed E-state index contributed by atoms with van der Waals surface area (Å²) < 4.78 is 5.35. The first-order valence-corrected chi connectivity index (χ1v) is 52.8. The second-order valence-corrected chi connectivity index (χ2v) is 37.5.